The largest absolute Gasteiger partial charge is 0.381 e. The summed E-state index contributed by atoms with van der Waals surface area (Å²) < 4.78 is 7.39. The van der Waals surface area contributed by atoms with Crippen LogP contribution in [0.1, 0.15) is 25.1 Å². The molecule has 1 saturated heterocycles. The first-order chi connectivity index (χ1) is 9.75. The molecule has 1 aliphatic heterocycles. The third-order valence-electron chi connectivity index (χ3n) is 3.61. The van der Waals surface area contributed by atoms with Crippen molar-refractivity contribution in [1.82, 2.24) is 20.2 Å². The zero-order chi connectivity index (χ0) is 14.2. The third kappa shape index (κ3) is 4.85. The first kappa shape index (κ1) is 14.8. The van der Waals surface area contributed by atoms with Gasteiger partial charge in [0.15, 0.2) is 0 Å². The Morgan fingerprint density at radius 3 is 3.10 bits per heavy atom. The second-order valence-electron chi connectivity index (χ2n) is 5.24. The summed E-state index contributed by atoms with van der Waals surface area (Å²) in [6, 6.07) is -0.0734. The molecule has 6 heteroatoms. The molecule has 2 N–H and O–H groups in total. The normalized spacial score (nSPS) is 18.1. The summed E-state index contributed by atoms with van der Waals surface area (Å²) in [5.74, 6) is 1.51. The van der Waals surface area contributed by atoms with E-state index in [1.54, 1.807) is 0 Å². The van der Waals surface area contributed by atoms with Crippen molar-refractivity contribution in [2.24, 2.45) is 5.92 Å². The second-order valence-corrected chi connectivity index (χ2v) is 5.24. The van der Waals surface area contributed by atoms with Gasteiger partial charge in [-0.1, -0.05) is 0 Å². The van der Waals surface area contributed by atoms with E-state index in [-0.39, 0.29) is 6.03 Å². The predicted octanol–water partition coefficient (Wildman–Crippen LogP) is 1.31. The molecule has 1 aromatic heterocycles. The molecule has 1 aromatic rings. The molecular formula is C14H24N4O2. The van der Waals surface area contributed by atoms with Crippen molar-refractivity contribution in [2.45, 2.75) is 32.7 Å². The topological polar surface area (TPSA) is 68.2 Å². The van der Waals surface area contributed by atoms with Crippen LogP contribution in [0.4, 0.5) is 4.79 Å². The monoisotopic (exact) mass is 280 g/mol. The Labute approximate surface area is 119 Å². The first-order valence-corrected chi connectivity index (χ1v) is 7.33. The lowest BCUT2D eigenvalue weighted by atomic mass is 10.1. The average Bonchev–Trinajstić information content (AvgIpc) is 3.08. The van der Waals surface area contributed by atoms with Crippen LogP contribution in [0, 0.1) is 12.8 Å². The fourth-order valence-corrected chi connectivity index (χ4v) is 2.29. The van der Waals surface area contributed by atoms with Crippen molar-refractivity contribution in [3.05, 3.63) is 18.2 Å². The number of carbonyl (C=O) groups is 1. The summed E-state index contributed by atoms with van der Waals surface area (Å²) in [6.45, 7) is 5.96. The van der Waals surface area contributed by atoms with Crippen molar-refractivity contribution in [3.63, 3.8) is 0 Å². The van der Waals surface area contributed by atoms with E-state index in [9.17, 15) is 4.79 Å². The van der Waals surface area contributed by atoms with Gasteiger partial charge in [0.2, 0.25) is 0 Å². The van der Waals surface area contributed by atoms with Gasteiger partial charge in [-0.2, -0.15) is 0 Å². The number of ether oxygens (including phenoxy) is 1. The summed E-state index contributed by atoms with van der Waals surface area (Å²) in [5.41, 5.74) is 0. The Morgan fingerprint density at radius 2 is 2.40 bits per heavy atom. The fraction of sp³-hybridized carbons (Fsp3) is 0.714. The Hall–Kier alpha value is -1.56. The Kier molecular flexibility index (Phi) is 5.86. The smallest absolute Gasteiger partial charge is 0.314 e. The number of nitrogens with zero attached hydrogens (tertiary/aromatic N) is 2. The lowest BCUT2D eigenvalue weighted by Gasteiger charge is -2.11. The van der Waals surface area contributed by atoms with E-state index in [0.717, 1.165) is 44.8 Å². The van der Waals surface area contributed by atoms with Gasteiger partial charge in [0.25, 0.3) is 0 Å². The molecule has 2 heterocycles. The van der Waals surface area contributed by atoms with E-state index < -0.39 is 0 Å². The zero-order valence-electron chi connectivity index (χ0n) is 12.1. The van der Waals surface area contributed by atoms with Crippen molar-refractivity contribution in [1.29, 1.82) is 0 Å². The van der Waals surface area contributed by atoms with Crippen LogP contribution in [0.3, 0.4) is 0 Å². The standard InChI is InChI=1S/C14H24N4O2/c1-12-15-6-8-18(12)7-3-2-5-16-14(19)17-10-13-4-9-20-11-13/h6,8,13H,2-5,7,9-11H2,1H3,(H2,16,17,19)/t13-/m1/s1. The van der Waals surface area contributed by atoms with Crippen LogP contribution in [0.2, 0.25) is 0 Å². The van der Waals surface area contributed by atoms with Crippen LogP contribution in [0.25, 0.3) is 0 Å². The summed E-state index contributed by atoms with van der Waals surface area (Å²) >= 11 is 0. The fourth-order valence-electron chi connectivity index (χ4n) is 2.29. The number of hydrogen-bond donors (Lipinski definition) is 2. The van der Waals surface area contributed by atoms with Gasteiger partial charge in [0, 0.05) is 44.6 Å². The second kappa shape index (κ2) is 7.89. The van der Waals surface area contributed by atoms with Crippen molar-refractivity contribution in [3.8, 4) is 0 Å². The van der Waals surface area contributed by atoms with E-state index in [1.165, 1.54) is 0 Å². The number of carbonyl (C=O) groups excluding carboxylic acids is 1. The predicted molar refractivity (Wildman–Crippen MR) is 76.5 cm³/mol. The molecule has 20 heavy (non-hydrogen) atoms. The van der Waals surface area contributed by atoms with Crippen LogP contribution in [-0.2, 0) is 11.3 Å². The van der Waals surface area contributed by atoms with Gasteiger partial charge in [-0.15, -0.1) is 0 Å². The highest BCUT2D eigenvalue weighted by atomic mass is 16.5. The molecule has 0 aromatic carbocycles. The van der Waals surface area contributed by atoms with Gasteiger partial charge < -0.3 is 19.9 Å². The highest BCUT2D eigenvalue weighted by molar-refractivity contribution is 5.73. The van der Waals surface area contributed by atoms with Gasteiger partial charge in [0.1, 0.15) is 5.82 Å². The number of hydrogen-bond acceptors (Lipinski definition) is 3. The maximum Gasteiger partial charge on any atom is 0.314 e. The molecule has 2 rings (SSSR count). The Balaban J connectivity index is 1.48. The minimum absolute atomic E-state index is 0.0734. The van der Waals surface area contributed by atoms with Gasteiger partial charge in [-0.05, 0) is 26.2 Å². The Bertz CT molecular complexity index is 413. The van der Waals surface area contributed by atoms with Gasteiger partial charge in [-0.25, -0.2) is 9.78 Å². The van der Waals surface area contributed by atoms with Crippen LogP contribution >= 0.6 is 0 Å². The number of rotatable bonds is 7. The average molecular weight is 280 g/mol. The molecule has 1 aliphatic rings. The van der Waals surface area contributed by atoms with Crippen LogP contribution in [0.5, 0.6) is 0 Å². The lowest BCUT2D eigenvalue weighted by Crippen LogP contribution is -2.38. The number of amides is 2. The summed E-state index contributed by atoms with van der Waals surface area (Å²) in [7, 11) is 0. The maximum absolute atomic E-state index is 11.6. The highest BCUT2D eigenvalue weighted by Gasteiger charge is 2.15. The molecule has 0 bridgehead atoms. The quantitative estimate of drug-likeness (QED) is 0.740. The van der Waals surface area contributed by atoms with E-state index >= 15 is 0 Å². The maximum atomic E-state index is 11.6. The molecule has 1 fully saturated rings. The molecule has 2 amide bonds. The van der Waals surface area contributed by atoms with E-state index in [0.29, 0.717) is 19.0 Å². The molecule has 0 radical (unpaired) electrons. The Morgan fingerprint density at radius 1 is 1.50 bits per heavy atom. The van der Waals surface area contributed by atoms with E-state index in [4.69, 9.17) is 4.74 Å². The van der Waals surface area contributed by atoms with Crippen molar-refractivity contribution < 1.29 is 9.53 Å². The number of aromatic nitrogens is 2. The van der Waals surface area contributed by atoms with Crippen LogP contribution < -0.4 is 10.6 Å². The number of aryl methyl sites for hydroxylation is 2. The number of urea groups is 1. The summed E-state index contributed by atoms with van der Waals surface area (Å²) in [4.78, 5) is 15.7. The van der Waals surface area contributed by atoms with Gasteiger partial charge in [0.05, 0.1) is 6.61 Å². The van der Waals surface area contributed by atoms with Crippen molar-refractivity contribution >= 4 is 6.03 Å². The first-order valence-electron chi connectivity index (χ1n) is 7.33. The lowest BCUT2D eigenvalue weighted by molar-refractivity contribution is 0.185. The van der Waals surface area contributed by atoms with E-state index in [1.807, 2.05) is 19.3 Å². The van der Waals surface area contributed by atoms with Crippen LogP contribution in [-0.4, -0.2) is 41.9 Å². The molecule has 0 spiro atoms. The molecule has 0 aliphatic carbocycles. The van der Waals surface area contributed by atoms with E-state index in [2.05, 4.69) is 20.2 Å². The molecule has 1 atom stereocenters. The number of imidazole rings is 1. The number of unbranched alkanes of at least 4 members (excludes halogenated alkanes) is 1. The summed E-state index contributed by atoms with van der Waals surface area (Å²) in [5, 5.41) is 5.78. The number of nitrogens with one attached hydrogen (secondary N) is 2. The zero-order valence-corrected chi connectivity index (χ0v) is 12.1. The third-order valence-corrected chi connectivity index (χ3v) is 3.61. The molecule has 0 saturated carbocycles. The highest BCUT2D eigenvalue weighted by Crippen LogP contribution is 2.10. The molecule has 0 unspecified atom stereocenters. The minimum Gasteiger partial charge on any atom is -0.381 e. The van der Waals surface area contributed by atoms with Gasteiger partial charge in [-0.3, -0.25) is 0 Å². The summed E-state index contributed by atoms with van der Waals surface area (Å²) in [6.07, 6.45) is 6.85. The molecule has 112 valence electrons. The molecular weight excluding hydrogens is 256 g/mol. The van der Waals surface area contributed by atoms with Crippen LogP contribution in [0.15, 0.2) is 12.4 Å². The van der Waals surface area contributed by atoms with Gasteiger partial charge >= 0.3 is 6.03 Å². The molecule has 6 nitrogen and oxygen atoms in total. The van der Waals surface area contributed by atoms with Crippen molar-refractivity contribution in [2.75, 3.05) is 26.3 Å². The SMILES string of the molecule is Cc1nccn1CCCCNC(=O)NC[C@H]1CCOC1. The minimum atomic E-state index is -0.0734.